The van der Waals surface area contributed by atoms with Crippen LogP contribution in [-0.2, 0) is 16.1 Å². The number of hydrogen-bond donors (Lipinski definition) is 1. The molecule has 3 aromatic rings. The van der Waals surface area contributed by atoms with E-state index in [1.165, 1.54) is 11.0 Å². The normalized spacial score (nSPS) is 17.1. The van der Waals surface area contributed by atoms with Gasteiger partial charge in [0.2, 0.25) is 11.8 Å². The summed E-state index contributed by atoms with van der Waals surface area (Å²) in [5, 5.41) is 10.2. The average molecular weight is 556 g/mol. The molecule has 0 atom stereocenters. The highest BCUT2D eigenvalue weighted by molar-refractivity contribution is 6.05. The van der Waals surface area contributed by atoms with E-state index >= 15 is 0 Å². The smallest absolute Gasteiger partial charge is 0.336 e. The average Bonchev–Trinajstić information content (AvgIpc) is 2.89. The predicted octanol–water partition coefficient (Wildman–Crippen LogP) is 2.44. The number of carboxylic acids is 1. The molecule has 0 bridgehead atoms. The van der Waals surface area contributed by atoms with Gasteiger partial charge >= 0.3 is 5.97 Å². The number of hydrogen-bond acceptors (Lipinski definition) is 6. The fourth-order valence-corrected chi connectivity index (χ4v) is 5.20. The van der Waals surface area contributed by atoms with Crippen molar-refractivity contribution in [2.75, 3.05) is 59.4 Å². The first-order valence-electron chi connectivity index (χ1n) is 12.9. The van der Waals surface area contributed by atoms with E-state index in [4.69, 9.17) is 0 Å². The van der Waals surface area contributed by atoms with Gasteiger partial charge in [-0.15, -0.1) is 0 Å². The summed E-state index contributed by atoms with van der Waals surface area (Å²) >= 11 is 0. The zero-order valence-corrected chi connectivity index (χ0v) is 21.9. The third kappa shape index (κ3) is 5.77. The minimum atomic E-state index is -1.37. The fraction of sp³-hybridized carbons (Fsp3) is 0.357. The number of aromatic carboxylic acids is 1. The number of carboxylic acid groups (broad SMARTS) is 1. The highest BCUT2D eigenvalue weighted by atomic mass is 19.1. The molecule has 2 aromatic carbocycles. The molecule has 40 heavy (non-hydrogen) atoms. The van der Waals surface area contributed by atoms with Crippen molar-refractivity contribution in [3.63, 3.8) is 0 Å². The summed E-state index contributed by atoms with van der Waals surface area (Å²) in [5.41, 5.74) is 0.0270. The van der Waals surface area contributed by atoms with Gasteiger partial charge in [0.1, 0.15) is 17.5 Å². The first-order valence-corrected chi connectivity index (χ1v) is 12.9. The molecule has 1 N–H and O–H groups in total. The second kappa shape index (κ2) is 11.2. The van der Waals surface area contributed by atoms with Crippen LogP contribution in [0.5, 0.6) is 0 Å². The molecule has 0 radical (unpaired) electrons. The Morgan fingerprint density at radius 3 is 2.27 bits per heavy atom. The molecule has 210 valence electrons. The molecular weight excluding hydrogens is 527 g/mol. The zero-order chi connectivity index (χ0) is 28.6. The van der Waals surface area contributed by atoms with Crippen molar-refractivity contribution in [2.24, 2.45) is 0 Å². The predicted molar refractivity (Wildman–Crippen MR) is 140 cm³/mol. The fourth-order valence-electron chi connectivity index (χ4n) is 5.20. The van der Waals surface area contributed by atoms with E-state index in [9.17, 15) is 32.7 Å². The number of halogens is 3. The Hall–Kier alpha value is -4.03. The number of fused-ring (bicyclic) bond motifs is 1. The van der Waals surface area contributed by atoms with Crippen molar-refractivity contribution in [1.29, 1.82) is 0 Å². The highest BCUT2D eigenvalue weighted by Crippen LogP contribution is 2.33. The third-order valence-corrected chi connectivity index (χ3v) is 7.36. The van der Waals surface area contributed by atoms with Crippen molar-refractivity contribution in [3.8, 4) is 11.3 Å². The first-order chi connectivity index (χ1) is 19.1. The molecular formula is C28H28F3N5O4. The summed E-state index contributed by atoms with van der Waals surface area (Å²) in [5.74, 6) is -4.20. The second-order valence-corrected chi connectivity index (χ2v) is 10.1. The van der Waals surface area contributed by atoms with Crippen LogP contribution in [0.25, 0.3) is 22.2 Å². The molecule has 0 saturated carbocycles. The highest BCUT2D eigenvalue weighted by Gasteiger charge is 2.30. The van der Waals surface area contributed by atoms with E-state index in [2.05, 4.69) is 9.88 Å². The topological polar surface area (TPSA) is 97.3 Å². The summed E-state index contributed by atoms with van der Waals surface area (Å²) in [6.07, 6.45) is 0. The van der Waals surface area contributed by atoms with Gasteiger partial charge in [-0.3, -0.25) is 14.5 Å². The van der Waals surface area contributed by atoms with E-state index < -0.39 is 23.4 Å². The monoisotopic (exact) mass is 555 g/mol. The van der Waals surface area contributed by atoms with E-state index in [0.29, 0.717) is 25.7 Å². The minimum Gasteiger partial charge on any atom is -0.478 e. The molecule has 5 rings (SSSR count). The molecule has 3 heterocycles. The van der Waals surface area contributed by atoms with Gasteiger partial charge in [0.05, 0.1) is 29.9 Å². The summed E-state index contributed by atoms with van der Waals surface area (Å²) < 4.78 is 42.4. The molecule has 2 saturated heterocycles. The Balaban J connectivity index is 1.44. The molecule has 0 aliphatic carbocycles. The summed E-state index contributed by atoms with van der Waals surface area (Å²) in [4.78, 5) is 49.7. The maximum Gasteiger partial charge on any atom is 0.336 e. The molecule has 9 nitrogen and oxygen atoms in total. The number of amides is 2. The van der Waals surface area contributed by atoms with Gasteiger partial charge in [0.25, 0.3) is 0 Å². The Morgan fingerprint density at radius 2 is 1.62 bits per heavy atom. The van der Waals surface area contributed by atoms with Crippen LogP contribution in [0.15, 0.2) is 36.4 Å². The number of benzene rings is 2. The summed E-state index contributed by atoms with van der Waals surface area (Å²) in [6.45, 7) is 3.04. The summed E-state index contributed by atoms with van der Waals surface area (Å²) in [6, 6.07) is 6.26. The van der Waals surface area contributed by atoms with Crippen molar-refractivity contribution in [1.82, 2.24) is 24.6 Å². The lowest BCUT2D eigenvalue weighted by Gasteiger charge is -2.37. The molecule has 1 aromatic heterocycles. The molecule has 12 heteroatoms. The lowest BCUT2D eigenvalue weighted by molar-refractivity contribution is -0.144. The maximum absolute atomic E-state index is 14.2. The third-order valence-electron chi connectivity index (χ3n) is 7.36. The van der Waals surface area contributed by atoms with Crippen LogP contribution < -0.4 is 0 Å². The van der Waals surface area contributed by atoms with Crippen LogP contribution in [-0.4, -0.2) is 107 Å². The van der Waals surface area contributed by atoms with E-state index in [1.54, 1.807) is 9.80 Å². The van der Waals surface area contributed by atoms with Crippen molar-refractivity contribution >= 4 is 28.7 Å². The van der Waals surface area contributed by atoms with Gasteiger partial charge < -0.3 is 19.8 Å². The SMILES string of the molecule is CN1CCN(C(=O)CN2CCN(Cc3c(-c4cc(F)cc(F)c4)nc4ccc(F)cc4c3C(=O)O)CC2=O)CC1. The number of likely N-dealkylation sites (N-methyl/N-ethyl adjacent to an activating group) is 1. The Labute approximate surface area is 228 Å². The molecule has 2 fully saturated rings. The van der Waals surface area contributed by atoms with Crippen molar-refractivity contribution in [3.05, 3.63) is 65.0 Å². The van der Waals surface area contributed by atoms with Gasteiger partial charge in [-0.1, -0.05) is 0 Å². The van der Waals surface area contributed by atoms with Gasteiger partial charge in [-0.2, -0.15) is 0 Å². The standard InChI is InChI=1S/C28H28F3N5O4/c1-33-4-7-35(8-5-33)25(38)16-36-9-6-34(15-24(36)37)14-22-26(28(39)40)21-13-18(29)2-3-23(21)32-27(22)17-10-19(30)12-20(31)11-17/h2-3,10-13H,4-9,14-16H2,1H3,(H,39,40). The van der Waals surface area contributed by atoms with Crippen LogP contribution in [0.3, 0.4) is 0 Å². The second-order valence-electron chi connectivity index (χ2n) is 10.1. The van der Waals surface area contributed by atoms with E-state index in [-0.39, 0.29) is 71.3 Å². The Bertz CT molecular complexity index is 1470. The lowest BCUT2D eigenvalue weighted by Crippen LogP contribution is -2.55. The number of rotatable bonds is 6. The molecule has 2 aliphatic rings. The van der Waals surface area contributed by atoms with E-state index in [0.717, 1.165) is 37.4 Å². The number of pyridine rings is 1. The minimum absolute atomic E-state index is 0.0176. The van der Waals surface area contributed by atoms with Crippen molar-refractivity contribution < 1.29 is 32.7 Å². The van der Waals surface area contributed by atoms with Crippen LogP contribution in [0, 0.1) is 17.5 Å². The number of carbonyl (C=O) groups is 3. The lowest BCUT2D eigenvalue weighted by atomic mass is 9.95. The summed E-state index contributed by atoms with van der Waals surface area (Å²) in [7, 11) is 1.98. The number of carbonyl (C=O) groups excluding carboxylic acids is 2. The number of aromatic nitrogens is 1. The van der Waals surface area contributed by atoms with Crippen LogP contribution >= 0.6 is 0 Å². The molecule has 2 aliphatic heterocycles. The van der Waals surface area contributed by atoms with Crippen LogP contribution in [0.1, 0.15) is 15.9 Å². The molecule has 2 amide bonds. The maximum atomic E-state index is 14.2. The quantitative estimate of drug-likeness (QED) is 0.499. The van der Waals surface area contributed by atoms with Gasteiger partial charge in [-0.25, -0.2) is 22.9 Å². The Morgan fingerprint density at radius 1 is 0.925 bits per heavy atom. The van der Waals surface area contributed by atoms with Gasteiger partial charge in [-0.05, 0) is 37.4 Å². The molecule has 0 unspecified atom stereocenters. The number of piperazine rings is 2. The van der Waals surface area contributed by atoms with Gasteiger partial charge in [0.15, 0.2) is 0 Å². The van der Waals surface area contributed by atoms with E-state index in [1.807, 2.05) is 7.05 Å². The zero-order valence-electron chi connectivity index (χ0n) is 21.9. The van der Waals surface area contributed by atoms with Gasteiger partial charge in [0, 0.05) is 68.4 Å². The van der Waals surface area contributed by atoms with Crippen molar-refractivity contribution in [2.45, 2.75) is 6.54 Å². The molecule has 0 spiro atoms. The number of nitrogens with zero attached hydrogens (tertiary/aromatic N) is 5. The van der Waals surface area contributed by atoms with Crippen LogP contribution in [0.2, 0.25) is 0 Å². The first kappa shape index (κ1) is 27.5. The largest absolute Gasteiger partial charge is 0.478 e. The van der Waals surface area contributed by atoms with Crippen LogP contribution in [0.4, 0.5) is 13.2 Å². The Kier molecular flexibility index (Phi) is 7.72.